The molecule has 0 spiro atoms. The molecule has 0 fully saturated rings. The normalized spacial score (nSPS) is 14.5. The molecule has 5 heteroatoms. The number of para-hydroxylation sites is 1. The van der Waals surface area contributed by atoms with Crippen molar-refractivity contribution in [2.24, 2.45) is 0 Å². The lowest BCUT2D eigenvalue weighted by Crippen LogP contribution is -2.36. The Labute approximate surface area is 99.8 Å². The van der Waals surface area contributed by atoms with E-state index in [1.807, 2.05) is 6.07 Å². The highest BCUT2D eigenvalue weighted by Gasteiger charge is 2.07. The average Bonchev–Trinajstić information content (AvgIpc) is 2.25. The van der Waals surface area contributed by atoms with E-state index in [0.29, 0.717) is 10.8 Å². The topological polar surface area (TPSA) is 61.7 Å². The van der Waals surface area contributed by atoms with E-state index in [9.17, 15) is 5.11 Å². The number of nitrogens with one attached hydrogen (secondary N) is 1. The summed E-state index contributed by atoms with van der Waals surface area (Å²) in [5.74, 6) is 0.542. The zero-order chi connectivity index (χ0) is 12.0. The molecule has 0 heterocycles. The second-order valence-corrected chi connectivity index (χ2v) is 3.89. The van der Waals surface area contributed by atoms with Crippen LogP contribution in [0.2, 0.25) is 5.02 Å². The lowest BCUT2D eigenvalue weighted by atomic mass is 10.3. The number of hydrogen-bond acceptors (Lipinski definition) is 4. The van der Waals surface area contributed by atoms with Gasteiger partial charge in [0, 0.05) is 6.54 Å². The number of hydrogen-bond donors (Lipinski definition) is 3. The molecule has 0 saturated carbocycles. The first-order chi connectivity index (χ1) is 7.59. The third-order valence-electron chi connectivity index (χ3n) is 1.92. The minimum Gasteiger partial charge on any atom is -0.489 e. The van der Waals surface area contributed by atoms with E-state index in [1.54, 1.807) is 25.1 Å². The summed E-state index contributed by atoms with van der Waals surface area (Å²) in [6.07, 6.45) is -1.33. The Morgan fingerprint density at radius 1 is 1.38 bits per heavy atom. The van der Waals surface area contributed by atoms with Gasteiger partial charge in [0.1, 0.15) is 24.7 Å². The van der Waals surface area contributed by atoms with Gasteiger partial charge >= 0.3 is 0 Å². The van der Waals surface area contributed by atoms with Gasteiger partial charge < -0.3 is 14.9 Å². The molecule has 90 valence electrons. The van der Waals surface area contributed by atoms with Crippen molar-refractivity contribution in [1.29, 1.82) is 0 Å². The van der Waals surface area contributed by atoms with E-state index in [1.165, 1.54) is 0 Å². The molecule has 0 bridgehead atoms. The van der Waals surface area contributed by atoms with Gasteiger partial charge in [0.2, 0.25) is 0 Å². The van der Waals surface area contributed by atoms with Crippen LogP contribution in [0.4, 0.5) is 0 Å². The average molecular weight is 246 g/mol. The maximum absolute atomic E-state index is 9.51. The van der Waals surface area contributed by atoms with Crippen LogP contribution in [0.1, 0.15) is 6.92 Å². The number of aliphatic hydroxyl groups is 2. The smallest absolute Gasteiger partial charge is 0.138 e. The van der Waals surface area contributed by atoms with Crippen LogP contribution in [-0.4, -0.2) is 35.7 Å². The van der Waals surface area contributed by atoms with Crippen molar-refractivity contribution in [3.05, 3.63) is 29.3 Å². The summed E-state index contributed by atoms with van der Waals surface area (Å²) in [4.78, 5) is 0. The first-order valence-corrected chi connectivity index (χ1v) is 5.44. The Balaban J connectivity index is 2.31. The molecule has 0 aliphatic carbocycles. The molecule has 0 aliphatic rings. The summed E-state index contributed by atoms with van der Waals surface area (Å²) in [5, 5.41) is 21.7. The van der Waals surface area contributed by atoms with Crippen LogP contribution in [0, 0.1) is 0 Å². The predicted molar refractivity (Wildman–Crippen MR) is 62.6 cm³/mol. The molecular weight excluding hydrogens is 230 g/mol. The molecule has 0 aliphatic heterocycles. The Morgan fingerprint density at radius 3 is 2.69 bits per heavy atom. The van der Waals surface area contributed by atoms with E-state index in [2.05, 4.69) is 5.32 Å². The lowest BCUT2D eigenvalue weighted by molar-refractivity contribution is 0.0804. The minimum atomic E-state index is -0.689. The Bertz CT molecular complexity index is 320. The van der Waals surface area contributed by atoms with Gasteiger partial charge in [-0.05, 0) is 19.1 Å². The van der Waals surface area contributed by atoms with Crippen LogP contribution < -0.4 is 10.1 Å². The molecule has 2 unspecified atom stereocenters. The fourth-order valence-corrected chi connectivity index (χ4v) is 1.30. The molecule has 16 heavy (non-hydrogen) atoms. The van der Waals surface area contributed by atoms with E-state index in [0.717, 1.165) is 0 Å². The molecule has 2 atom stereocenters. The maximum Gasteiger partial charge on any atom is 0.138 e. The highest BCUT2D eigenvalue weighted by atomic mass is 35.5. The second-order valence-electron chi connectivity index (χ2n) is 3.48. The molecular formula is C11H16ClNO3. The van der Waals surface area contributed by atoms with Crippen LogP contribution in [0.15, 0.2) is 24.3 Å². The number of halogens is 1. The number of aliphatic hydroxyl groups excluding tert-OH is 2. The molecule has 1 aromatic rings. The molecule has 0 radical (unpaired) electrons. The Morgan fingerprint density at radius 2 is 2.06 bits per heavy atom. The van der Waals surface area contributed by atoms with E-state index < -0.39 is 12.3 Å². The highest BCUT2D eigenvalue weighted by molar-refractivity contribution is 6.32. The van der Waals surface area contributed by atoms with Crippen LogP contribution in [0.3, 0.4) is 0 Å². The number of ether oxygens (including phenoxy) is 1. The van der Waals surface area contributed by atoms with Crippen molar-refractivity contribution in [2.45, 2.75) is 19.3 Å². The Hall–Kier alpha value is -0.810. The molecule has 1 aromatic carbocycles. The number of rotatable bonds is 6. The van der Waals surface area contributed by atoms with Crippen molar-refractivity contribution in [2.75, 3.05) is 13.2 Å². The quantitative estimate of drug-likeness (QED) is 0.655. The molecule has 0 saturated heterocycles. The first-order valence-electron chi connectivity index (χ1n) is 5.06. The maximum atomic E-state index is 9.51. The summed E-state index contributed by atoms with van der Waals surface area (Å²) < 4.78 is 5.33. The van der Waals surface area contributed by atoms with Crippen molar-refractivity contribution in [3.63, 3.8) is 0 Å². The zero-order valence-electron chi connectivity index (χ0n) is 9.06. The number of benzene rings is 1. The van der Waals surface area contributed by atoms with Crippen molar-refractivity contribution >= 4 is 11.6 Å². The largest absolute Gasteiger partial charge is 0.489 e. The van der Waals surface area contributed by atoms with Crippen LogP contribution in [0.5, 0.6) is 5.75 Å². The van der Waals surface area contributed by atoms with E-state index in [4.69, 9.17) is 21.4 Å². The fourth-order valence-electron chi connectivity index (χ4n) is 1.11. The monoisotopic (exact) mass is 245 g/mol. The molecule has 0 amide bonds. The summed E-state index contributed by atoms with van der Waals surface area (Å²) in [6.45, 7) is 1.98. The van der Waals surface area contributed by atoms with Gasteiger partial charge in [-0.2, -0.15) is 0 Å². The molecule has 1 rings (SSSR count). The third kappa shape index (κ3) is 4.81. The van der Waals surface area contributed by atoms with Crippen molar-refractivity contribution in [1.82, 2.24) is 5.32 Å². The van der Waals surface area contributed by atoms with Crippen LogP contribution in [0.25, 0.3) is 0 Å². The van der Waals surface area contributed by atoms with Gasteiger partial charge in [0.25, 0.3) is 0 Å². The van der Waals surface area contributed by atoms with Gasteiger partial charge in [0.15, 0.2) is 0 Å². The SMILES string of the molecule is CC(O)NCC(O)COc1ccccc1Cl. The summed E-state index contributed by atoms with van der Waals surface area (Å²) in [6, 6.07) is 7.07. The molecule has 4 nitrogen and oxygen atoms in total. The Kier molecular flexibility index (Phi) is 5.55. The predicted octanol–water partition coefficient (Wildman–Crippen LogP) is 1.01. The van der Waals surface area contributed by atoms with Crippen LogP contribution >= 0.6 is 11.6 Å². The van der Waals surface area contributed by atoms with Gasteiger partial charge in [-0.15, -0.1) is 0 Å². The van der Waals surface area contributed by atoms with Gasteiger partial charge in [-0.25, -0.2) is 0 Å². The fraction of sp³-hybridized carbons (Fsp3) is 0.455. The summed E-state index contributed by atoms with van der Waals surface area (Å²) in [5.41, 5.74) is 0. The van der Waals surface area contributed by atoms with Gasteiger partial charge in [-0.3, -0.25) is 5.32 Å². The summed E-state index contributed by atoms with van der Waals surface area (Å²) >= 11 is 5.87. The first kappa shape index (κ1) is 13.3. The van der Waals surface area contributed by atoms with Crippen molar-refractivity contribution < 1.29 is 14.9 Å². The van der Waals surface area contributed by atoms with Crippen molar-refractivity contribution in [3.8, 4) is 5.75 Å². The summed E-state index contributed by atoms with van der Waals surface area (Å²) in [7, 11) is 0. The second kappa shape index (κ2) is 6.70. The highest BCUT2D eigenvalue weighted by Crippen LogP contribution is 2.22. The van der Waals surface area contributed by atoms with Gasteiger partial charge in [-0.1, -0.05) is 23.7 Å². The third-order valence-corrected chi connectivity index (χ3v) is 2.23. The zero-order valence-corrected chi connectivity index (χ0v) is 9.81. The standard InChI is InChI=1S/C11H16ClNO3/c1-8(14)13-6-9(15)7-16-11-5-3-2-4-10(11)12/h2-5,8-9,13-15H,6-7H2,1H3. The minimum absolute atomic E-state index is 0.128. The molecule has 3 N–H and O–H groups in total. The molecule has 0 aromatic heterocycles. The van der Waals surface area contributed by atoms with Gasteiger partial charge in [0.05, 0.1) is 5.02 Å². The lowest BCUT2D eigenvalue weighted by Gasteiger charge is -2.15. The van der Waals surface area contributed by atoms with E-state index in [-0.39, 0.29) is 13.2 Å². The van der Waals surface area contributed by atoms with Crippen LogP contribution in [-0.2, 0) is 0 Å². The van der Waals surface area contributed by atoms with E-state index >= 15 is 0 Å².